The lowest BCUT2D eigenvalue weighted by molar-refractivity contribution is 0.602. The van der Waals surface area contributed by atoms with Crippen LogP contribution in [-0.2, 0) is 9.84 Å². The van der Waals surface area contributed by atoms with E-state index in [1.807, 2.05) is 23.9 Å². The van der Waals surface area contributed by atoms with Gasteiger partial charge in [-0.15, -0.1) is 0 Å². The minimum atomic E-state index is -3.09. The number of thioether (sulfide) groups is 1. The topological polar surface area (TPSA) is 46.2 Å². The third kappa shape index (κ3) is 5.00. The standard InChI is InChI=1S/C12H19NO2S2/c1-10(9-16-2)8-13-11-4-6-12(7-5-11)17(3,14)15/h4-7,10,13H,8-9H2,1-3H3. The number of sulfone groups is 1. The second kappa shape index (κ2) is 6.31. The lowest BCUT2D eigenvalue weighted by Crippen LogP contribution is -2.13. The molecule has 5 heteroatoms. The highest BCUT2D eigenvalue weighted by Crippen LogP contribution is 2.14. The molecule has 0 bridgehead atoms. The van der Waals surface area contributed by atoms with Gasteiger partial charge >= 0.3 is 0 Å². The average molecular weight is 273 g/mol. The Bertz CT molecular complexity index is 440. The van der Waals surface area contributed by atoms with Crippen LogP contribution in [0.2, 0.25) is 0 Å². The molecule has 1 atom stereocenters. The van der Waals surface area contributed by atoms with Crippen molar-refractivity contribution in [2.75, 3.05) is 30.1 Å². The highest BCUT2D eigenvalue weighted by molar-refractivity contribution is 7.98. The molecule has 0 fully saturated rings. The lowest BCUT2D eigenvalue weighted by Gasteiger charge is -2.12. The maximum Gasteiger partial charge on any atom is 0.175 e. The molecule has 0 saturated heterocycles. The second-order valence-electron chi connectivity index (χ2n) is 4.24. The molecule has 0 radical (unpaired) electrons. The Morgan fingerprint density at radius 1 is 1.29 bits per heavy atom. The fourth-order valence-electron chi connectivity index (χ4n) is 1.46. The molecule has 1 aromatic rings. The molecule has 1 aromatic carbocycles. The molecule has 1 unspecified atom stereocenters. The predicted octanol–water partition coefficient (Wildman–Crippen LogP) is 2.50. The minimum absolute atomic E-state index is 0.361. The molecule has 1 N–H and O–H groups in total. The Labute approximate surface area is 108 Å². The lowest BCUT2D eigenvalue weighted by atomic mass is 10.2. The van der Waals surface area contributed by atoms with Gasteiger partial charge in [-0.3, -0.25) is 0 Å². The molecule has 0 amide bonds. The van der Waals surface area contributed by atoms with E-state index in [9.17, 15) is 8.42 Å². The van der Waals surface area contributed by atoms with E-state index < -0.39 is 9.84 Å². The summed E-state index contributed by atoms with van der Waals surface area (Å²) in [6.45, 7) is 3.09. The van der Waals surface area contributed by atoms with Crippen molar-refractivity contribution in [2.24, 2.45) is 5.92 Å². The maximum absolute atomic E-state index is 11.3. The van der Waals surface area contributed by atoms with Crippen LogP contribution < -0.4 is 5.32 Å². The predicted molar refractivity (Wildman–Crippen MR) is 75.6 cm³/mol. The number of rotatable bonds is 6. The quantitative estimate of drug-likeness (QED) is 0.865. The van der Waals surface area contributed by atoms with E-state index in [-0.39, 0.29) is 0 Å². The van der Waals surface area contributed by atoms with Crippen molar-refractivity contribution >= 4 is 27.3 Å². The molecule has 0 aliphatic heterocycles. The first-order valence-electron chi connectivity index (χ1n) is 5.46. The zero-order chi connectivity index (χ0) is 12.9. The van der Waals surface area contributed by atoms with E-state index in [0.29, 0.717) is 10.8 Å². The highest BCUT2D eigenvalue weighted by atomic mass is 32.2. The van der Waals surface area contributed by atoms with E-state index in [4.69, 9.17) is 0 Å². The van der Waals surface area contributed by atoms with Crippen molar-refractivity contribution in [2.45, 2.75) is 11.8 Å². The van der Waals surface area contributed by atoms with Crippen LogP contribution in [0.3, 0.4) is 0 Å². The van der Waals surface area contributed by atoms with E-state index in [1.165, 1.54) is 6.26 Å². The van der Waals surface area contributed by atoms with Gasteiger partial charge in [0.15, 0.2) is 9.84 Å². The van der Waals surface area contributed by atoms with Gasteiger partial charge in [0.1, 0.15) is 0 Å². The first kappa shape index (κ1) is 14.4. The summed E-state index contributed by atoms with van der Waals surface area (Å²) in [5.74, 6) is 1.72. The minimum Gasteiger partial charge on any atom is -0.385 e. The third-order valence-electron chi connectivity index (χ3n) is 2.39. The van der Waals surface area contributed by atoms with E-state index >= 15 is 0 Å². The van der Waals surface area contributed by atoms with Crippen LogP contribution in [0.1, 0.15) is 6.92 Å². The van der Waals surface area contributed by atoms with Gasteiger partial charge in [-0.2, -0.15) is 11.8 Å². The first-order chi connectivity index (χ1) is 7.93. The third-order valence-corrected chi connectivity index (χ3v) is 4.42. The monoisotopic (exact) mass is 273 g/mol. The maximum atomic E-state index is 11.3. The van der Waals surface area contributed by atoms with Gasteiger partial charge in [-0.05, 0) is 42.2 Å². The second-order valence-corrected chi connectivity index (χ2v) is 7.16. The number of hydrogen-bond donors (Lipinski definition) is 1. The largest absolute Gasteiger partial charge is 0.385 e. The number of hydrogen-bond acceptors (Lipinski definition) is 4. The molecule has 0 aliphatic rings. The summed E-state index contributed by atoms with van der Waals surface area (Å²) in [7, 11) is -3.09. The normalized spacial score (nSPS) is 13.4. The Morgan fingerprint density at radius 3 is 2.35 bits per heavy atom. The van der Waals surface area contributed by atoms with Gasteiger partial charge in [0.05, 0.1) is 4.90 Å². The van der Waals surface area contributed by atoms with Gasteiger partial charge in [0.2, 0.25) is 0 Å². The molecular weight excluding hydrogens is 254 g/mol. The van der Waals surface area contributed by atoms with Crippen molar-refractivity contribution in [3.05, 3.63) is 24.3 Å². The van der Waals surface area contributed by atoms with Crippen molar-refractivity contribution in [3.8, 4) is 0 Å². The van der Waals surface area contributed by atoms with Crippen molar-refractivity contribution in [1.29, 1.82) is 0 Å². The zero-order valence-corrected chi connectivity index (χ0v) is 12.1. The van der Waals surface area contributed by atoms with Crippen LogP contribution in [0.4, 0.5) is 5.69 Å². The SMILES string of the molecule is CSCC(C)CNc1ccc(S(C)(=O)=O)cc1. The highest BCUT2D eigenvalue weighted by Gasteiger charge is 2.06. The summed E-state index contributed by atoms with van der Waals surface area (Å²) >= 11 is 1.83. The van der Waals surface area contributed by atoms with Gasteiger partial charge in [0, 0.05) is 18.5 Å². The number of nitrogens with one attached hydrogen (secondary N) is 1. The molecule has 0 aliphatic carbocycles. The fraction of sp³-hybridized carbons (Fsp3) is 0.500. The summed E-state index contributed by atoms with van der Waals surface area (Å²) in [5.41, 5.74) is 0.963. The summed E-state index contributed by atoms with van der Waals surface area (Å²) in [6.07, 6.45) is 3.31. The Kier molecular flexibility index (Phi) is 5.33. The summed E-state index contributed by atoms with van der Waals surface area (Å²) < 4.78 is 22.5. The van der Waals surface area contributed by atoms with Crippen LogP contribution in [0.5, 0.6) is 0 Å². The first-order valence-corrected chi connectivity index (χ1v) is 8.75. The molecule has 3 nitrogen and oxygen atoms in total. The molecule has 1 rings (SSSR count). The molecule has 17 heavy (non-hydrogen) atoms. The molecule has 0 heterocycles. The van der Waals surface area contributed by atoms with Crippen LogP contribution >= 0.6 is 11.8 Å². The average Bonchev–Trinajstić information content (AvgIpc) is 2.26. The molecule has 0 saturated carbocycles. The fourth-order valence-corrected chi connectivity index (χ4v) is 2.77. The Morgan fingerprint density at radius 2 is 1.88 bits per heavy atom. The molecule has 0 spiro atoms. The van der Waals surface area contributed by atoms with Crippen molar-refractivity contribution in [1.82, 2.24) is 0 Å². The van der Waals surface area contributed by atoms with E-state index in [2.05, 4.69) is 18.5 Å². The van der Waals surface area contributed by atoms with Crippen LogP contribution in [-0.4, -0.2) is 33.2 Å². The van der Waals surface area contributed by atoms with Crippen LogP contribution in [0.25, 0.3) is 0 Å². The summed E-state index contributed by atoms with van der Waals surface area (Å²) in [5, 5.41) is 3.30. The van der Waals surface area contributed by atoms with Gasteiger partial charge < -0.3 is 5.32 Å². The molecule has 0 aromatic heterocycles. The molecular formula is C12H19NO2S2. The smallest absolute Gasteiger partial charge is 0.175 e. The van der Waals surface area contributed by atoms with Crippen molar-refractivity contribution < 1.29 is 8.42 Å². The van der Waals surface area contributed by atoms with Crippen LogP contribution in [0.15, 0.2) is 29.2 Å². The van der Waals surface area contributed by atoms with Crippen LogP contribution in [0, 0.1) is 5.92 Å². The van der Waals surface area contributed by atoms with E-state index in [0.717, 1.165) is 18.0 Å². The van der Waals surface area contributed by atoms with Gasteiger partial charge in [0.25, 0.3) is 0 Å². The van der Waals surface area contributed by atoms with Crippen molar-refractivity contribution in [3.63, 3.8) is 0 Å². The van der Waals surface area contributed by atoms with Gasteiger partial charge in [-0.1, -0.05) is 6.92 Å². The molecule has 96 valence electrons. The summed E-state index contributed by atoms with van der Waals surface area (Å²) in [6, 6.07) is 6.89. The number of benzene rings is 1. The zero-order valence-electron chi connectivity index (χ0n) is 10.4. The van der Waals surface area contributed by atoms with E-state index in [1.54, 1.807) is 12.1 Å². The number of anilines is 1. The Hall–Kier alpha value is -0.680. The Balaban J connectivity index is 2.57. The van der Waals surface area contributed by atoms with Gasteiger partial charge in [-0.25, -0.2) is 8.42 Å². The summed E-state index contributed by atoms with van der Waals surface area (Å²) in [4.78, 5) is 0.361.